The highest BCUT2D eigenvalue weighted by Gasteiger charge is 2.27. The Balaban J connectivity index is 0.00000169. The van der Waals surface area contributed by atoms with E-state index in [0.717, 1.165) is 57.9 Å². The maximum Gasteiger partial charge on any atom is 0.243 e. The number of nitrogens with zero attached hydrogens (tertiary/aromatic N) is 4. The number of rotatable bonds is 6. The lowest BCUT2D eigenvalue weighted by Crippen LogP contribution is -2.49. The van der Waals surface area contributed by atoms with E-state index >= 15 is 0 Å². The van der Waals surface area contributed by atoms with E-state index in [9.17, 15) is 4.79 Å². The van der Waals surface area contributed by atoms with Crippen LogP contribution < -0.4 is 5.32 Å². The standard InChI is InChI=1S/C17H29N5O2.2ClH/c1-3-15-19-17(24-20-15)13(2)21-8-10-22(11-9-21)16(23)5-4-14-6-7-18-12-14;;/h13-14,18H,3-12H2,1-2H3;2*1H. The molecule has 1 aromatic rings. The second-order valence-corrected chi connectivity index (χ2v) is 6.89. The molecule has 2 aliphatic heterocycles. The lowest BCUT2D eigenvalue weighted by atomic mass is 10.0. The lowest BCUT2D eigenvalue weighted by Gasteiger charge is -2.37. The Morgan fingerprint density at radius 2 is 2.04 bits per heavy atom. The molecular weight excluding hydrogens is 377 g/mol. The van der Waals surface area contributed by atoms with Gasteiger partial charge in [0.15, 0.2) is 5.82 Å². The molecular formula is C17H31Cl2N5O2. The minimum absolute atomic E-state index is 0. The Kier molecular flexibility index (Phi) is 9.85. The quantitative estimate of drug-likeness (QED) is 0.777. The monoisotopic (exact) mass is 407 g/mol. The molecule has 0 radical (unpaired) electrons. The highest BCUT2D eigenvalue weighted by molar-refractivity contribution is 5.85. The predicted molar refractivity (Wildman–Crippen MR) is 105 cm³/mol. The number of halogens is 2. The summed E-state index contributed by atoms with van der Waals surface area (Å²) in [5, 5.41) is 7.34. The van der Waals surface area contributed by atoms with Crippen molar-refractivity contribution in [1.29, 1.82) is 0 Å². The van der Waals surface area contributed by atoms with Crippen molar-refractivity contribution < 1.29 is 9.32 Å². The zero-order chi connectivity index (χ0) is 16.9. The molecule has 0 bridgehead atoms. The van der Waals surface area contributed by atoms with E-state index in [4.69, 9.17) is 4.52 Å². The molecule has 3 rings (SSSR count). The first-order valence-corrected chi connectivity index (χ1v) is 9.22. The van der Waals surface area contributed by atoms with Gasteiger partial charge in [-0.15, -0.1) is 24.8 Å². The van der Waals surface area contributed by atoms with E-state index in [1.807, 2.05) is 11.8 Å². The van der Waals surface area contributed by atoms with E-state index in [0.29, 0.717) is 24.1 Å². The van der Waals surface area contributed by atoms with Crippen LogP contribution in [0.15, 0.2) is 4.52 Å². The molecule has 2 atom stereocenters. The third kappa shape index (κ3) is 5.81. The summed E-state index contributed by atoms with van der Waals surface area (Å²) in [6, 6.07) is 0.111. The number of nitrogens with one attached hydrogen (secondary N) is 1. The number of hydrogen-bond acceptors (Lipinski definition) is 6. The molecule has 1 aromatic heterocycles. The topological polar surface area (TPSA) is 74.5 Å². The van der Waals surface area contributed by atoms with Gasteiger partial charge in [0.05, 0.1) is 6.04 Å². The predicted octanol–water partition coefficient (Wildman–Crippen LogP) is 2.07. The fourth-order valence-corrected chi connectivity index (χ4v) is 3.54. The summed E-state index contributed by atoms with van der Waals surface area (Å²) < 4.78 is 5.35. The van der Waals surface area contributed by atoms with E-state index in [2.05, 4.69) is 27.3 Å². The molecule has 1 amide bonds. The first-order chi connectivity index (χ1) is 11.7. The Morgan fingerprint density at radius 3 is 2.62 bits per heavy atom. The van der Waals surface area contributed by atoms with Crippen LogP contribution in [-0.2, 0) is 11.2 Å². The molecule has 3 heterocycles. The second kappa shape index (κ2) is 11.1. The van der Waals surface area contributed by atoms with E-state index in [-0.39, 0.29) is 30.9 Å². The van der Waals surface area contributed by atoms with Crippen LogP contribution in [0.1, 0.15) is 50.9 Å². The highest BCUT2D eigenvalue weighted by atomic mass is 35.5. The number of amides is 1. The molecule has 0 saturated carbocycles. The van der Waals surface area contributed by atoms with Gasteiger partial charge in [0.2, 0.25) is 11.8 Å². The van der Waals surface area contributed by atoms with Gasteiger partial charge in [0, 0.05) is 39.0 Å². The molecule has 0 aromatic carbocycles. The summed E-state index contributed by atoms with van der Waals surface area (Å²) in [7, 11) is 0. The van der Waals surface area contributed by atoms with E-state index < -0.39 is 0 Å². The molecule has 0 spiro atoms. The third-order valence-corrected chi connectivity index (χ3v) is 5.30. The summed E-state index contributed by atoms with van der Waals surface area (Å²) >= 11 is 0. The van der Waals surface area contributed by atoms with Gasteiger partial charge in [-0.1, -0.05) is 12.1 Å². The van der Waals surface area contributed by atoms with Crippen molar-refractivity contribution >= 4 is 30.7 Å². The summed E-state index contributed by atoms with van der Waals surface area (Å²) in [6.07, 6.45) is 3.70. The van der Waals surface area contributed by atoms with Crippen LogP contribution in [0.3, 0.4) is 0 Å². The number of piperazine rings is 1. The first kappa shape index (κ1) is 23.1. The van der Waals surface area contributed by atoms with Gasteiger partial charge in [-0.25, -0.2) is 0 Å². The number of aryl methyl sites for hydroxylation is 1. The molecule has 150 valence electrons. The minimum Gasteiger partial charge on any atom is -0.340 e. The molecule has 26 heavy (non-hydrogen) atoms. The maximum atomic E-state index is 12.4. The average molecular weight is 408 g/mol. The van der Waals surface area contributed by atoms with Crippen molar-refractivity contribution in [2.45, 2.75) is 45.6 Å². The van der Waals surface area contributed by atoms with Crippen LogP contribution in [0.2, 0.25) is 0 Å². The van der Waals surface area contributed by atoms with Gasteiger partial charge in [0.25, 0.3) is 0 Å². The molecule has 7 nitrogen and oxygen atoms in total. The van der Waals surface area contributed by atoms with Crippen molar-refractivity contribution in [3.05, 3.63) is 11.7 Å². The highest BCUT2D eigenvalue weighted by Crippen LogP contribution is 2.21. The molecule has 1 N–H and O–H groups in total. The van der Waals surface area contributed by atoms with Gasteiger partial charge < -0.3 is 14.7 Å². The maximum absolute atomic E-state index is 12.4. The summed E-state index contributed by atoms with van der Waals surface area (Å²) in [5.74, 6) is 2.42. The Hall–Kier alpha value is -0.890. The fraction of sp³-hybridized carbons (Fsp3) is 0.824. The number of hydrogen-bond donors (Lipinski definition) is 1. The summed E-state index contributed by atoms with van der Waals surface area (Å²) in [5.41, 5.74) is 0. The number of carbonyl (C=O) groups excluding carboxylic acids is 1. The van der Waals surface area contributed by atoms with Crippen molar-refractivity contribution in [2.75, 3.05) is 39.3 Å². The molecule has 9 heteroatoms. The zero-order valence-electron chi connectivity index (χ0n) is 15.6. The zero-order valence-corrected chi connectivity index (χ0v) is 17.3. The molecule has 2 aliphatic rings. The molecule has 2 saturated heterocycles. The summed E-state index contributed by atoms with van der Waals surface area (Å²) in [4.78, 5) is 21.1. The van der Waals surface area contributed by atoms with Gasteiger partial charge >= 0.3 is 0 Å². The van der Waals surface area contributed by atoms with Gasteiger partial charge in [-0.3, -0.25) is 9.69 Å². The fourth-order valence-electron chi connectivity index (χ4n) is 3.54. The normalized spacial score (nSPS) is 21.8. The Bertz CT molecular complexity index is 543. The minimum atomic E-state index is 0. The van der Waals surface area contributed by atoms with E-state index in [1.54, 1.807) is 0 Å². The number of carbonyl (C=O) groups is 1. The summed E-state index contributed by atoms with van der Waals surface area (Å²) in [6.45, 7) is 9.60. The van der Waals surface area contributed by atoms with Crippen LogP contribution in [0.4, 0.5) is 0 Å². The van der Waals surface area contributed by atoms with Crippen LogP contribution in [0.25, 0.3) is 0 Å². The third-order valence-electron chi connectivity index (χ3n) is 5.30. The Labute approximate surface area is 168 Å². The Morgan fingerprint density at radius 1 is 1.31 bits per heavy atom. The smallest absolute Gasteiger partial charge is 0.243 e. The van der Waals surface area contributed by atoms with Crippen molar-refractivity contribution in [3.8, 4) is 0 Å². The number of aromatic nitrogens is 2. The molecule has 0 aliphatic carbocycles. The van der Waals surface area contributed by atoms with Gasteiger partial charge in [-0.2, -0.15) is 4.98 Å². The SMILES string of the molecule is CCc1noc(C(C)N2CCN(C(=O)CCC3CCNC3)CC2)n1.Cl.Cl. The van der Waals surface area contributed by atoms with Crippen LogP contribution in [0.5, 0.6) is 0 Å². The van der Waals surface area contributed by atoms with Crippen LogP contribution >= 0.6 is 24.8 Å². The molecule has 2 fully saturated rings. The van der Waals surface area contributed by atoms with Crippen molar-refractivity contribution in [3.63, 3.8) is 0 Å². The van der Waals surface area contributed by atoms with Crippen LogP contribution in [-0.4, -0.2) is 65.1 Å². The average Bonchev–Trinajstić information content (AvgIpc) is 3.30. The van der Waals surface area contributed by atoms with Gasteiger partial charge in [-0.05, 0) is 38.8 Å². The van der Waals surface area contributed by atoms with Crippen molar-refractivity contribution in [2.24, 2.45) is 5.92 Å². The first-order valence-electron chi connectivity index (χ1n) is 9.22. The van der Waals surface area contributed by atoms with Crippen LogP contribution in [0, 0.1) is 5.92 Å². The van der Waals surface area contributed by atoms with E-state index in [1.165, 1.54) is 6.42 Å². The second-order valence-electron chi connectivity index (χ2n) is 6.89. The van der Waals surface area contributed by atoms with Crippen molar-refractivity contribution in [1.82, 2.24) is 25.3 Å². The van der Waals surface area contributed by atoms with Gasteiger partial charge in [0.1, 0.15) is 0 Å². The lowest BCUT2D eigenvalue weighted by molar-refractivity contribution is -0.133. The molecule has 2 unspecified atom stereocenters. The largest absolute Gasteiger partial charge is 0.340 e.